The first kappa shape index (κ1) is 14.8. The fraction of sp³-hybridized carbons (Fsp3) is 0.200. The quantitative estimate of drug-likeness (QED) is 0.324. The molecule has 0 bridgehead atoms. The third-order valence-corrected chi connectivity index (χ3v) is 3.02. The fourth-order valence-corrected chi connectivity index (χ4v) is 1.87. The molecule has 1 aromatic carbocycles. The summed E-state index contributed by atoms with van der Waals surface area (Å²) >= 11 is 0. The Kier molecular flexibility index (Phi) is 5.11. The monoisotopic (exact) mass is 286 g/mol. The Labute approximate surface area is 123 Å². The van der Waals surface area contributed by atoms with Crippen LogP contribution in [0.1, 0.15) is 16.7 Å². The van der Waals surface area contributed by atoms with E-state index in [9.17, 15) is 0 Å². The highest BCUT2D eigenvalue weighted by Crippen LogP contribution is 2.09. The van der Waals surface area contributed by atoms with Crippen LogP contribution in [0.4, 0.5) is 0 Å². The predicted octanol–water partition coefficient (Wildman–Crippen LogP) is 1.47. The molecule has 0 aliphatic carbocycles. The van der Waals surface area contributed by atoms with Crippen molar-refractivity contribution < 1.29 is 9.94 Å². The van der Waals surface area contributed by atoms with Gasteiger partial charge in [0, 0.05) is 30.9 Å². The Hall–Kier alpha value is -2.60. The zero-order chi connectivity index (χ0) is 15.1. The second kappa shape index (κ2) is 7.25. The zero-order valence-electron chi connectivity index (χ0n) is 11.8. The number of amidine groups is 1. The summed E-state index contributed by atoms with van der Waals surface area (Å²) in [6.45, 7) is 1.45. The van der Waals surface area contributed by atoms with Gasteiger partial charge >= 0.3 is 0 Å². The van der Waals surface area contributed by atoms with Crippen molar-refractivity contribution in [1.29, 1.82) is 0 Å². The number of oxime groups is 1. The molecular weight excluding hydrogens is 268 g/mol. The first-order valence-electron chi connectivity index (χ1n) is 6.49. The van der Waals surface area contributed by atoms with E-state index in [1.165, 1.54) is 0 Å². The number of rotatable bonds is 6. The van der Waals surface area contributed by atoms with Gasteiger partial charge in [-0.05, 0) is 17.2 Å². The van der Waals surface area contributed by atoms with E-state index in [2.05, 4.69) is 15.5 Å². The minimum atomic E-state index is 0.110. The van der Waals surface area contributed by atoms with E-state index >= 15 is 0 Å². The number of nitrogens with one attached hydrogen (secondary N) is 1. The highest BCUT2D eigenvalue weighted by Gasteiger charge is 2.00. The van der Waals surface area contributed by atoms with Crippen LogP contribution in [0, 0.1) is 0 Å². The van der Waals surface area contributed by atoms with E-state index in [1.54, 1.807) is 13.3 Å². The maximum atomic E-state index is 8.60. The molecule has 0 spiro atoms. The average molecular weight is 286 g/mol. The topological polar surface area (TPSA) is 92.8 Å². The summed E-state index contributed by atoms with van der Waals surface area (Å²) in [5, 5.41) is 14.9. The largest absolute Gasteiger partial charge is 0.481 e. The van der Waals surface area contributed by atoms with Gasteiger partial charge in [0.15, 0.2) is 5.84 Å². The van der Waals surface area contributed by atoms with Gasteiger partial charge in [-0.1, -0.05) is 29.4 Å². The number of nitrogens with zero attached hydrogens (tertiary/aromatic N) is 2. The second-order valence-corrected chi connectivity index (χ2v) is 4.49. The van der Waals surface area contributed by atoms with Gasteiger partial charge in [0.05, 0.1) is 7.11 Å². The smallest absolute Gasteiger partial charge is 0.213 e. The summed E-state index contributed by atoms with van der Waals surface area (Å²) in [5.41, 5.74) is 8.43. The van der Waals surface area contributed by atoms with Gasteiger partial charge in [-0.3, -0.25) is 0 Å². The predicted molar refractivity (Wildman–Crippen MR) is 80.3 cm³/mol. The first-order chi connectivity index (χ1) is 10.2. The minimum Gasteiger partial charge on any atom is -0.481 e. The molecule has 21 heavy (non-hydrogen) atoms. The van der Waals surface area contributed by atoms with Gasteiger partial charge in [-0.15, -0.1) is 0 Å². The Morgan fingerprint density at radius 3 is 2.62 bits per heavy atom. The van der Waals surface area contributed by atoms with E-state index < -0.39 is 0 Å². The Balaban J connectivity index is 1.88. The van der Waals surface area contributed by atoms with Crippen LogP contribution in [0.2, 0.25) is 0 Å². The number of aromatic nitrogens is 1. The summed E-state index contributed by atoms with van der Waals surface area (Å²) < 4.78 is 5.08. The van der Waals surface area contributed by atoms with Crippen LogP contribution >= 0.6 is 0 Å². The van der Waals surface area contributed by atoms with E-state index in [1.807, 2.05) is 36.4 Å². The lowest BCUT2D eigenvalue weighted by molar-refractivity contribution is 0.318. The summed E-state index contributed by atoms with van der Waals surface area (Å²) in [6.07, 6.45) is 1.72. The molecule has 0 unspecified atom stereocenters. The third-order valence-electron chi connectivity index (χ3n) is 3.02. The highest BCUT2D eigenvalue weighted by molar-refractivity contribution is 5.96. The average Bonchev–Trinajstić information content (AvgIpc) is 2.55. The lowest BCUT2D eigenvalue weighted by atomic mass is 10.1. The van der Waals surface area contributed by atoms with Crippen LogP contribution in [-0.2, 0) is 13.1 Å². The molecule has 0 atom stereocenters. The van der Waals surface area contributed by atoms with Crippen LogP contribution in [0.25, 0.3) is 0 Å². The standard InChI is InChI=1S/C15H18N4O2/c1-21-14-8-12(6-7-18-14)10-17-9-11-2-4-13(5-3-11)15(16)19-20/h2-8,17,20H,9-10H2,1H3,(H2,16,19). The third kappa shape index (κ3) is 4.19. The van der Waals surface area contributed by atoms with Crippen molar-refractivity contribution in [1.82, 2.24) is 10.3 Å². The number of nitrogens with two attached hydrogens (primary N) is 1. The van der Waals surface area contributed by atoms with Crippen molar-refractivity contribution in [2.75, 3.05) is 7.11 Å². The van der Waals surface area contributed by atoms with Crippen LogP contribution in [-0.4, -0.2) is 23.1 Å². The van der Waals surface area contributed by atoms with Gasteiger partial charge in [0.25, 0.3) is 0 Å². The zero-order valence-corrected chi connectivity index (χ0v) is 11.8. The van der Waals surface area contributed by atoms with Crippen molar-refractivity contribution in [3.05, 3.63) is 59.3 Å². The Morgan fingerprint density at radius 1 is 1.24 bits per heavy atom. The summed E-state index contributed by atoms with van der Waals surface area (Å²) in [6, 6.07) is 11.4. The molecule has 6 nitrogen and oxygen atoms in total. The minimum absolute atomic E-state index is 0.110. The van der Waals surface area contributed by atoms with Crippen molar-refractivity contribution >= 4 is 5.84 Å². The van der Waals surface area contributed by atoms with Crippen LogP contribution in [0.15, 0.2) is 47.8 Å². The number of ether oxygens (including phenoxy) is 1. The number of hydrogen-bond donors (Lipinski definition) is 3. The number of benzene rings is 1. The van der Waals surface area contributed by atoms with Crippen molar-refractivity contribution in [3.8, 4) is 5.88 Å². The van der Waals surface area contributed by atoms with Gasteiger partial charge in [0.2, 0.25) is 5.88 Å². The molecule has 110 valence electrons. The normalized spacial score (nSPS) is 11.4. The van der Waals surface area contributed by atoms with Gasteiger partial charge in [-0.25, -0.2) is 4.98 Å². The molecule has 0 fully saturated rings. The van der Waals surface area contributed by atoms with Crippen molar-refractivity contribution in [2.24, 2.45) is 10.9 Å². The van der Waals surface area contributed by atoms with E-state index in [0.29, 0.717) is 11.4 Å². The van der Waals surface area contributed by atoms with E-state index in [0.717, 1.165) is 24.2 Å². The molecule has 2 rings (SSSR count). The van der Waals surface area contributed by atoms with Crippen molar-refractivity contribution in [2.45, 2.75) is 13.1 Å². The lowest BCUT2D eigenvalue weighted by Gasteiger charge is -2.07. The maximum Gasteiger partial charge on any atom is 0.213 e. The molecule has 0 saturated heterocycles. The fourth-order valence-electron chi connectivity index (χ4n) is 1.87. The molecule has 0 amide bonds. The molecular formula is C15H18N4O2. The summed E-state index contributed by atoms with van der Waals surface area (Å²) in [5.74, 6) is 0.718. The number of pyridine rings is 1. The SMILES string of the molecule is COc1cc(CNCc2ccc(C(N)=NO)cc2)ccn1. The molecule has 6 heteroatoms. The first-order valence-corrected chi connectivity index (χ1v) is 6.49. The second-order valence-electron chi connectivity index (χ2n) is 4.49. The van der Waals surface area contributed by atoms with E-state index in [4.69, 9.17) is 15.7 Å². The summed E-state index contributed by atoms with van der Waals surface area (Å²) in [7, 11) is 1.60. The molecule has 1 aromatic heterocycles. The van der Waals surface area contributed by atoms with Crippen LogP contribution in [0.5, 0.6) is 5.88 Å². The van der Waals surface area contributed by atoms with Crippen molar-refractivity contribution in [3.63, 3.8) is 0 Å². The number of methoxy groups -OCH3 is 1. The maximum absolute atomic E-state index is 8.60. The van der Waals surface area contributed by atoms with Crippen LogP contribution < -0.4 is 15.8 Å². The van der Waals surface area contributed by atoms with Gasteiger partial charge in [-0.2, -0.15) is 0 Å². The van der Waals surface area contributed by atoms with E-state index in [-0.39, 0.29) is 5.84 Å². The molecule has 0 radical (unpaired) electrons. The molecule has 0 saturated carbocycles. The van der Waals surface area contributed by atoms with Gasteiger partial charge < -0.3 is 21.0 Å². The molecule has 0 aliphatic heterocycles. The molecule has 4 N–H and O–H groups in total. The van der Waals surface area contributed by atoms with Gasteiger partial charge in [0.1, 0.15) is 0 Å². The Morgan fingerprint density at radius 2 is 1.95 bits per heavy atom. The Bertz CT molecular complexity index is 611. The highest BCUT2D eigenvalue weighted by atomic mass is 16.5. The molecule has 0 aliphatic rings. The number of hydrogen-bond acceptors (Lipinski definition) is 5. The molecule has 2 aromatic rings. The summed E-state index contributed by atoms with van der Waals surface area (Å²) in [4.78, 5) is 4.06. The molecule has 1 heterocycles. The lowest BCUT2D eigenvalue weighted by Crippen LogP contribution is -2.14. The van der Waals surface area contributed by atoms with Crippen LogP contribution in [0.3, 0.4) is 0 Å².